The SMILES string of the molecule is COCCn1cc(Nc2nc(C(C)C)nc3cn[nH]c23)cn1. The summed E-state index contributed by atoms with van der Waals surface area (Å²) in [6.07, 6.45) is 5.38. The van der Waals surface area contributed by atoms with Crippen LogP contribution in [-0.2, 0) is 11.3 Å². The second-order valence-corrected chi connectivity index (χ2v) is 5.33. The fourth-order valence-corrected chi connectivity index (χ4v) is 2.08. The summed E-state index contributed by atoms with van der Waals surface area (Å²) < 4.78 is 6.87. The average Bonchev–Trinajstić information content (AvgIpc) is 3.13. The van der Waals surface area contributed by atoms with Crippen molar-refractivity contribution in [2.24, 2.45) is 0 Å². The van der Waals surface area contributed by atoms with E-state index in [-0.39, 0.29) is 5.92 Å². The molecule has 0 radical (unpaired) electrons. The number of rotatable bonds is 6. The van der Waals surface area contributed by atoms with Gasteiger partial charge in [0.1, 0.15) is 16.9 Å². The number of ether oxygens (including phenoxy) is 1. The number of aromatic nitrogens is 6. The van der Waals surface area contributed by atoms with Gasteiger partial charge in [-0.15, -0.1) is 0 Å². The molecule has 8 heteroatoms. The van der Waals surface area contributed by atoms with Crippen molar-refractivity contribution in [2.75, 3.05) is 19.0 Å². The maximum atomic E-state index is 5.05. The summed E-state index contributed by atoms with van der Waals surface area (Å²) in [6, 6.07) is 0. The predicted octanol–water partition coefficient (Wildman–Crippen LogP) is 2.06. The summed E-state index contributed by atoms with van der Waals surface area (Å²) >= 11 is 0. The Labute approximate surface area is 127 Å². The highest BCUT2D eigenvalue weighted by atomic mass is 16.5. The largest absolute Gasteiger partial charge is 0.383 e. The monoisotopic (exact) mass is 301 g/mol. The van der Waals surface area contributed by atoms with Crippen LogP contribution >= 0.6 is 0 Å². The van der Waals surface area contributed by atoms with E-state index in [1.54, 1.807) is 19.5 Å². The molecule has 0 saturated heterocycles. The van der Waals surface area contributed by atoms with Gasteiger partial charge >= 0.3 is 0 Å². The Balaban J connectivity index is 1.89. The summed E-state index contributed by atoms with van der Waals surface area (Å²) in [5.74, 6) is 1.73. The highest BCUT2D eigenvalue weighted by molar-refractivity contribution is 5.86. The molecule has 0 saturated carbocycles. The Kier molecular flexibility index (Phi) is 4.01. The number of methoxy groups -OCH3 is 1. The zero-order valence-corrected chi connectivity index (χ0v) is 12.9. The van der Waals surface area contributed by atoms with Gasteiger partial charge in [-0.2, -0.15) is 10.2 Å². The lowest BCUT2D eigenvalue weighted by Gasteiger charge is -2.08. The molecular weight excluding hydrogens is 282 g/mol. The number of anilines is 2. The Morgan fingerprint density at radius 1 is 1.32 bits per heavy atom. The third kappa shape index (κ3) is 2.91. The molecule has 3 rings (SSSR count). The second kappa shape index (κ2) is 6.10. The first-order valence-electron chi connectivity index (χ1n) is 7.17. The van der Waals surface area contributed by atoms with Gasteiger partial charge in [0.05, 0.1) is 31.2 Å². The van der Waals surface area contributed by atoms with Crippen molar-refractivity contribution in [3.05, 3.63) is 24.4 Å². The van der Waals surface area contributed by atoms with Crippen LogP contribution in [0.2, 0.25) is 0 Å². The molecule has 3 heterocycles. The standard InChI is InChI=1S/C14H19N7O/c1-9(2)13-18-11-7-15-20-12(11)14(19-13)17-10-6-16-21(8-10)4-5-22-3/h6-9H,4-5H2,1-3H3,(H,15,20)(H,17,18,19). The Morgan fingerprint density at radius 2 is 2.18 bits per heavy atom. The van der Waals surface area contributed by atoms with Gasteiger partial charge in [0, 0.05) is 19.2 Å². The predicted molar refractivity (Wildman–Crippen MR) is 83.2 cm³/mol. The van der Waals surface area contributed by atoms with Crippen LogP contribution in [0.4, 0.5) is 11.5 Å². The van der Waals surface area contributed by atoms with Crippen LogP contribution in [0, 0.1) is 0 Å². The van der Waals surface area contributed by atoms with E-state index in [9.17, 15) is 0 Å². The van der Waals surface area contributed by atoms with E-state index in [4.69, 9.17) is 4.74 Å². The smallest absolute Gasteiger partial charge is 0.160 e. The molecule has 3 aromatic heterocycles. The normalized spacial score (nSPS) is 11.5. The van der Waals surface area contributed by atoms with E-state index in [1.807, 2.05) is 10.9 Å². The molecule has 0 unspecified atom stereocenters. The van der Waals surface area contributed by atoms with Crippen LogP contribution in [0.15, 0.2) is 18.6 Å². The van der Waals surface area contributed by atoms with Crippen molar-refractivity contribution >= 4 is 22.5 Å². The molecule has 0 fully saturated rings. The summed E-state index contributed by atoms with van der Waals surface area (Å²) in [4.78, 5) is 9.08. The fourth-order valence-electron chi connectivity index (χ4n) is 2.08. The van der Waals surface area contributed by atoms with Gasteiger partial charge in [0.15, 0.2) is 5.82 Å². The van der Waals surface area contributed by atoms with Crippen molar-refractivity contribution in [1.29, 1.82) is 0 Å². The highest BCUT2D eigenvalue weighted by Gasteiger charge is 2.12. The van der Waals surface area contributed by atoms with Crippen LogP contribution in [0.25, 0.3) is 11.0 Å². The topological polar surface area (TPSA) is 93.5 Å². The van der Waals surface area contributed by atoms with E-state index in [1.165, 1.54) is 0 Å². The van der Waals surface area contributed by atoms with E-state index in [0.717, 1.165) is 22.5 Å². The minimum absolute atomic E-state index is 0.240. The van der Waals surface area contributed by atoms with Gasteiger partial charge in [-0.3, -0.25) is 9.78 Å². The zero-order chi connectivity index (χ0) is 15.5. The van der Waals surface area contributed by atoms with E-state index >= 15 is 0 Å². The third-order valence-corrected chi connectivity index (χ3v) is 3.25. The van der Waals surface area contributed by atoms with Crippen LogP contribution in [0.3, 0.4) is 0 Å². The van der Waals surface area contributed by atoms with E-state index in [2.05, 4.69) is 44.4 Å². The van der Waals surface area contributed by atoms with Gasteiger partial charge in [-0.05, 0) is 0 Å². The van der Waals surface area contributed by atoms with Gasteiger partial charge in [0.2, 0.25) is 0 Å². The number of hydrogen-bond donors (Lipinski definition) is 2. The first-order chi connectivity index (χ1) is 10.7. The zero-order valence-electron chi connectivity index (χ0n) is 12.9. The van der Waals surface area contributed by atoms with Gasteiger partial charge in [0.25, 0.3) is 0 Å². The number of fused-ring (bicyclic) bond motifs is 1. The molecule has 0 spiro atoms. The van der Waals surface area contributed by atoms with Crippen LogP contribution in [0.5, 0.6) is 0 Å². The maximum Gasteiger partial charge on any atom is 0.160 e. The number of aromatic amines is 1. The van der Waals surface area contributed by atoms with Crippen LogP contribution in [-0.4, -0.2) is 43.7 Å². The molecule has 0 aliphatic carbocycles. The lowest BCUT2D eigenvalue weighted by molar-refractivity contribution is 0.183. The second-order valence-electron chi connectivity index (χ2n) is 5.33. The summed E-state index contributed by atoms with van der Waals surface area (Å²) in [5.41, 5.74) is 2.45. The van der Waals surface area contributed by atoms with E-state index < -0.39 is 0 Å². The molecule has 22 heavy (non-hydrogen) atoms. The fraction of sp³-hybridized carbons (Fsp3) is 0.429. The molecule has 0 amide bonds. The highest BCUT2D eigenvalue weighted by Crippen LogP contribution is 2.23. The van der Waals surface area contributed by atoms with Gasteiger partial charge < -0.3 is 10.1 Å². The lowest BCUT2D eigenvalue weighted by atomic mass is 10.2. The number of hydrogen-bond acceptors (Lipinski definition) is 6. The quantitative estimate of drug-likeness (QED) is 0.724. The van der Waals surface area contributed by atoms with Gasteiger partial charge in [-0.25, -0.2) is 9.97 Å². The molecule has 0 atom stereocenters. The molecule has 0 aromatic carbocycles. The molecule has 8 nitrogen and oxygen atoms in total. The maximum absolute atomic E-state index is 5.05. The third-order valence-electron chi connectivity index (χ3n) is 3.25. The van der Waals surface area contributed by atoms with Gasteiger partial charge in [-0.1, -0.05) is 13.8 Å². The van der Waals surface area contributed by atoms with Crippen molar-refractivity contribution in [1.82, 2.24) is 29.9 Å². The first-order valence-corrected chi connectivity index (χ1v) is 7.17. The Morgan fingerprint density at radius 3 is 2.95 bits per heavy atom. The molecule has 116 valence electrons. The molecular formula is C14H19N7O. The van der Waals surface area contributed by atoms with Crippen molar-refractivity contribution < 1.29 is 4.74 Å². The minimum Gasteiger partial charge on any atom is -0.383 e. The molecule has 2 N–H and O–H groups in total. The Hall–Kier alpha value is -2.48. The number of nitrogens with zero attached hydrogens (tertiary/aromatic N) is 5. The number of nitrogens with one attached hydrogen (secondary N) is 2. The van der Waals surface area contributed by atoms with Crippen LogP contribution in [0.1, 0.15) is 25.6 Å². The summed E-state index contributed by atoms with van der Waals surface area (Å²) in [6.45, 7) is 5.46. The molecule has 0 aliphatic rings. The first kappa shape index (κ1) is 14.5. The summed E-state index contributed by atoms with van der Waals surface area (Å²) in [5, 5.41) is 14.5. The van der Waals surface area contributed by atoms with E-state index in [0.29, 0.717) is 19.0 Å². The lowest BCUT2D eigenvalue weighted by Crippen LogP contribution is -2.04. The van der Waals surface area contributed by atoms with Crippen LogP contribution < -0.4 is 5.32 Å². The molecule has 3 aromatic rings. The van der Waals surface area contributed by atoms with Crippen molar-refractivity contribution in [2.45, 2.75) is 26.3 Å². The van der Waals surface area contributed by atoms with Crippen molar-refractivity contribution in [3.8, 4) is 0 Å². The average molecular weight is 301 g/mol. The summed E-state index contributed by atoms with van der Waals surface area (Å²) in [7, 11) is 1.67. The minimum atomic E-state index is 0.240. The molecule has 0 aliphatic heterocycles. The number of H-pyrrole nitrogens is 1. The Bertz CT molecular complexity index is 761. The van der Waals surface area contributed by atoms with Crippen molar-refractivity contribution in [3.63, 3.8) is 0 Å². The molecule has 0 bridgehead atoms.